The largest absolute Gasteiger partial charge is 0.396 e. The molecular formula is C13H22N2O3S. The molecule has 0 aromatic rings. The summed E-state index contributed by atoms with van der Waals surface area (Å²) in [6.07, 6.45) is 1.98. The molecule has 2 aliphatic rings. The van der Waals surface area contributed by atoms with E-state index in [4.69, 9.17) is 5.11 Å². The molecule has 0 aromatic carbocycles. The second-order valence-corrected chi connectivity index (χ2v) is 6.76. The first-order valence-electron chi connectivity index (χ1n) is 6.89. The molecule has 0 radical (unpaired) electrons. The summed E-state index contributed by atoms with van der Waals surface area (Å²) in [6.45, 7) is 5.26. The maximum Gasteiger partial charge on any atom is 0.246 e. The highest BCUT2D eigenvalue weighted by atomic mass is 32.2. The number of hydrogen-bond donors (Lipinski definition) is 1. The van der Waals surface area contributed by atoms with E-state index in [1.54, 1.807) is 21.6 Å². The van der Waals surface area contributed by atoms with E-state index in [1.165, 1.54) is 0 Å². The summed E-state index contributed by atoms with van der Waals surface area (Å²) in [5.41, 5.74) is 0. The zero-order valence-corrected chi connectivity index (χ0v) is 12.4. The lowest BCUT2D eigenvalue weighted by Gasteiger charge is -2.32. The molecule has 2 rings (SSSR count). The summed E-state index contributed by atoms with van der Waals surface area (Å²) < 4.78 is 0. The molecule has 2 fully saturated rings. The van der Waals surface area contributed by atoms with Crippen LogP contribution in [-0.2, 0) is 9.59 Å². The van der Waals surface area contributed by atoms with Gasteiger partial charge < -0.3 is 14.9 Å². The Hall–Kier alpha value is -0.750. The lowest BCUT2D eigenvalue weighted by Crippen LogP contribution is -2.51. The lowest BCUT2D eigenvalue weighted by atomic mass is 10.2. The molecule has 2 aliphatic heterocycles. The van der Waals surface area contributed by atoms with Gasteiger partial charge in [0.2, 0.25) is 11.8 Å². The van der Waals surface area contributed by atoms with Crippen LogP contribution in [0.3, 0.4) is 0 Å². The van der Waals surface area contributed by atoms with Gasteiger partial charge in [0.05, 0.1) is 4.87 Å². The van der Waals surface area contributed by atoms with Crippen molar-refractivity contribution in [1.29, 1.82) is 0 Å². The minimum atomic E-state index is -0.316. The molecular weight excluding hydrogens is 264 g/mol. The molecule has 108 valence electrons. The summed E-state index contributed by atoms with van der Waals surface area (Å²) in [5.74, 6) is 0.822. The number of aliphatic hydroxyl groups is 1. The van der Waals surface area contributed by atoms with Crippen molar-refractivity contribution in [1.82, 2.24) is 9.80 Å². The number of carbonyl (C=O) groups excluding carboxylic acids is 2. The van der Waals surface area contributed by atoms with Crippen LogP contribution in [0.4, 0.5) is 0 Å². The molecule has 0 bridgehead atoms. The van der Waals surface area contributed by atoms with Crippen LogP contribution in [-0.4, -0.2) is 63.1 Å². The highest BCUT2D eigenvalue weighted by molar-refractivity contribution is 8.01. The second kappa shape index (κ2) is 5.71. The van der Waals surface area contributed by atoms with Gasteiger partial charge in [-0.25, -0.2) is 0 Å². The van der Waals surface area contributed by atoms with Crippen molar-refractivity contribution in [3.63, 3.8) is 0 Å². The van der Waals surface area contributed by atoms with Gasteiger partial charge in [-0.2, -0.15) is 0 Å². The standard InChI is InChI=1S/C13H22N2O3S/c1-3-14(7-4-8-16)12(18)10-9-19-13(2)6-5-11(17)15(10)13/h10,16H,3-9H2,1-2H3. The number of aliphatic hydroxyl groups excluding tert-OH is 1. The molecule has 1 N–H and O–H groups in total. The Labute approximate surface area is 118 Å². The molecule has 6 heteroatoms. The maximum atomic E-state index is 12.5. The van der Waals surface area contributed by atoms with E-state index in [-0.39, 0.29) is 29.3 Å². The predicted octanol–water partition coefficient (Wildman–Crippen LogP) is 0.671. The van der Waals surface area contributed by atoms with Gasteiger partial charge in [0.15, 0.2) is 0 Å². The zero-order valence-electron chi connectivity index (χ0n) is 11.6. The van der Waals surface area contributed by atoms with Crippen molar-refractivity contribution in [3.8, 4) is 0 Å². The normalized spacial score (nSPS) is 29.7. The van der Waals surface area contributed by atoms with Gasteiger partial charge in [0.25, 0.3) is 0 Å². The molecule has 2 saturated heterocycles. The molecule has 5 nitrogen and oxygen atoms in total. The van der Waals surface area contributed by atoms with Crippen molar-refractivity contribution in [2.75, 3.05) is 25.4 Å². The number of amides is 2. The first-order valence-corrected chi connectivity index (χ1v) is 7.88. The van der Waals surface area contributed by atoms with Gasteiger partial charge in [0.1, 0.15) is 6.04 Å². The van der Waals surface area contributed by atoms with Gasteiger partial charge in [-0.05, 0) is 26.7 Å². The predicted molar refractivity (Wildman–Crippen MR) is 74.7 cm³/mol. The summed E-state index contributed by atoms with van der Waals surface area (Å²) in [7, 11) is 0. The summed E-state index contributed by atoms with van der Waals surface area (Å²) >= 11 is 1.72. The van der Waals surface area contributed by atoms with Crippen molar-refractivity contribution in [3.05, 3.63) is 0 Å². The SMILES string of the molecule is CCN(CCCO)C(=O)C1CSC2(C)CCC(=O)N12. The fourth-order valence-electron chi connectivity index (χ4n) is 2.90. The van der Waals surface area contributed by atoms with Crippen LogP contribution in [0.1, 0.15) is 33.1 Å². The van der Waals surface area contributed by atoms with Gasteiger partial charge in [-0.15, -0.1) is 11.8 Å². The molecule has 2 atom stereocenters. The Kier molecular flexibility index (Phi) is 4.40. The lowest BCUT2D eigenvalue weighted by molar-refractivity contribution is -0.143. The summed E-state index contributed by atoms with van der Waals surface area (Å²) in [5, 5.41) is 8.88. The quantitative estimate of drug-likeness (QED) is 0.807. The van der Waals surface area contributed by atoms with E-state index in [2.05, 4.69) is 6.92 Å². The Bertz CT molecular complexity index is 377. The fourth-order valence-corrected chi connectivity index (χ4v) is 4.32. The first kappa shape index (κ1) is 14.7. The van der Waals surface area contributed by atoms with Gasteiger partial charge in [-0.3, -0.25) is 9.59 Å². The molecule has 2 heterocycles. The van der Waals surface area contributed by atoms with Crippen LogP contribution in [0.25, 0.3) is 0 Å². The minimum absolute atomic E-state index is 0.0300. The number of likely N-dealkylation sites (N-methyl/N-ethyl adjacent to an activating group) is 1. The van der Waals surface area contributed by atoms with Crippen LogP contribution >= 0.6 is 11.8 Å². The Morgan fingerprint density at radius 1 is 1.63 bits per heavy atom. The monoisotopic (exact) mass is 286 g/mol. The van der Waals surface area contributed by atoms with Crippen molar-refractivity contribution < 1.29 is 14.7 Å². The van der Waals surface area contributed by atoms with Crippen LogP contribution < -0.4 is 0 Å². The third kappa shape index (κ3) is 2.60. The molecule has 0 aliphatic carbocycles. The number of fused-ring (bicyclic) bond motifs is 1. The molecule has 2 amide bonds. The number of hydrogen-bond acceptors (Lipinski definition) is 4. The second-order valence-electron chi connectivity index (χ2n) is 5.26. The first-order chi connectivity index (χ1) is 9.03. The average molecular weight is 286 g/mol. The van der Waals surface area contributed by atoms with Crippen LogP contribution in [0.2, 0.25) is 0 Å². The highest BCUT2D eigenvalue weighted by Gasteiger charge is 2.53. The van der Waals surface area contributed by atoms with Gasteiger partial charge in [0, 0.05) is 31.9 Å². The van der Waals surface area contributed by atoms with Crippen LogP contribution in [0, 0.1) is 0 Å². The third-order valence-electron chi connectivity index (χ3n) is 4.01. The molecule has 0 spiro atoms. The maximum absolute atomic E-state index is 12.5. The zero-order chi connectivity index (χ0) is 14.0. The van der Waals surface area contributed by atoms with Crippen LogP contribution in [0.15, 0.2) is 0 Å². The Morgan fingerprint density at radius 2 is 2.37 bits per heavy atom. The third-order valence-corrected chi connectivity index (χ3v) is 5.51. The van der Waals surface area contributed by atoms with Gasteiger partial charge >= 0.3 is 0 Å². The number of rotatable bonds is 5. The highest BCUT2D eigenvalue weighted by Crippen LogP contribution is 2.47. The molecule has 2 unspecified atom stereocenters. The molecule has 0 aromatic heterocycles. The number of thioether (sulfide) groups is 1. The van der Waals surface area contributed by atoms with E-state index in [0.29, 0.717) is 31.7 Å². The number of nitrogens with zero attached hydrogens (tertiary/aromatic N) is 2. The fraction of sp³-hybridized carbons (Fsp3) is 0.846. The van der Waals surface area contributed by atoms with E-state index < -0.39 is 0 Å². The van der Waals surface area contributed by atoms with E-state index in [0.717, 1.165) is 6.42 Å². The van der Waals surface area contributed by atoms with Crippen molar-refractivity contribution in [2.24, 2.45) is 0 Å². The molecule has 19 heavy (non-hydrogen) atoms. The van der Waals surface area contributed by atoms with Crippen LogP contribution in [0.5, 0.6) is 0 Å². The smallest absolute Gasteiger partial charge is 0.246 e. The number of carbonyl (C=O) groups is 2. The molecule has 0 saturated carbocycles. The van der Waals surface area contributed by atoms with Crippen molar-refractivity contribution in [2.45, 2.75) is 44.0 Å². The van der Waals surface area contributed by atoms with Crippen molar-refractivity contribution >= 4 is 23.6 Å². The minimum Gasteiger partial charge on any atom is -0.396 e. The Morgan fingerprint density at radius 3 is 3.00 bits per heavy atom. The Balaban J connectivity index is 2.09. The van der Waals surface area contributed by atoms with E-state index in [9.17, 15) is 9.59 Å². The average Bonchev–Trinajstić information content (AvgIpc) is 2.88. The topological polar surface area (TPSA) is 60.9 Å². The van der Waals surface area contributed by atoms with E-state index in [1.807, 2.05) is 6.92 Å². The summed E-state index contributed by atoms with van der Waals surface area (Å²) in [4.78, 5) is 27.9. The summed E-state index contributed by atoms with van der Waals surface area (Å²) in [6, 6.07) is -0.316. The van der Waals surface area contributed by atoms with Gasteiger partial charge in [-0.1, -0.05) is 0 Å². The van der Waals surface area contributed by atoms with E-state index >= 15 is 0 Å².